The Hall–Kier alpha value is -1.01. The Kier molecular flexibility index (Phi) is 4.75. The highest BCUT2D eigenvalue weighted by Crippen LogP contribution is 2.28. The highest BCUT2D eigenvalue weighted by molar-refractivity contribution is 9.10. The van der Waals surface area contributed by atoms with E-state index in [2.05, 4.69) is 59.2 Å². The summed E-state index contributed by atoms with van der Waals surface area (Å²) in [6, 6.07) is 14.1. The second-order valence-electron chi connectivity index (χ2n) is 5.70. The van der Waals surface area contributed by atoms with Gasteiger partial charge >= 0.3 is 0 Å². The monoisotopic (exact) mass is 362 g/mol. The summed E-state index contributed by atoms with van der Waals surface area (Å²) in [5.74, 6) is 3.34. The average Bonchev–Trinajstić information content (AvgIpc) is 2.36. The van der Waals surface area contributed by atoms with Gasteiger partial charge in [0.15, 0.2) is 0 Å². The van der Waals surface area contributed by atoms with Gasteiger partial charge < -0.3 is 0 Å². The third-order valence-electron chi connectivity index (χ3n) is 2.69. The summed E-state index contributed by atoms with van der Waals surface area (Å²) in [6.07, 6.45) is 0. The van der Waals surface area contributed by atoms with Crippen LogP contribution in [-0.4, -0.2) is 8.07 Å². The minimum Gasteiger partial charge on any atom is -0.127 e. The summed E-state index contributed by atoms with van der Waals surface area (Å²) in [5, 5.41) is 0.735. The number of rotatable bonds is 1. The van der Waals surface area contributed by atoms with Crippen LogP contribution in [0.2, 0.25) is 24.7 Å². The fourth-order valence-electron chi connectivity index (χ4n) is 1.78. The third-order valence-corrected chi connectivity index (χ3v) is 4.29. The van der Waals surface area contributed by atoms with Gasteiger partial charge in [-0.1, -0.05) is 65.2 Å². The van der Waals surface area contributed by atoms with Crippen LogP contribution in [0.4, 0.5) is 0 Å². The van der Waals surface area contributed by atoms with E-state index in [9.17, 15) is 0 Å². The molecule has 0 N–H and O–H groups in total. The van der Waals surface area contributed by atoms with Gasteiger partial charge in [0.1, 0.15) is 8.07 Å². The van der Waals surface area contributed by atoms with Crippen molar-refractivity contribution in [3.63, 3.8) is 0 Å². The zero-order valence-electron chi connectivity index (χ0n) is 11.8. The van der Waals surface area contributed by atoms with Crippen LogP contribution < -0.4 is 0 Å². The van der Waals surface area contributed by atoms with Crippen LogP contribution in [0.15, 0.2) is 46.9 Å². The van der Waals surface area contributed by atoms with Gasteiger partial charge in [0, 0.05) is 15.1 Å². The summed E-state index contributed by atoms with van der Waals surface area (Å²) in [7, 11) is -1.39. The van der Waals surface area contributed by atoms with Crippen molar-refractivity contribution in [2.75, 3.05) is 0 Å². The van der Waals surface area contributed by atoms with E-state index in [1.54, 1.807) is 0 Å². The van der Waals surface area contributed by atoms with Crippen LogP contribution >= 0.6 is 27.5 Å². The van der Waals surface area contributed by atoms with Gasteiger partial charge in [0.05, 0.1) is 0 Å². The maximum Gasteiger partial charge on any atom is 0.129 e. The predicted molar refractivity (Wildman–Crippen MR) is 94.8 cm³/mol. The Labute approximate surface area is 135 Å². The number of halogens is 2. The minimum atomic E-state index is -1.39. The molecule has 0 spiro atoms. The van der Waals surface area contributed by atoms with Crippen LogP contribution in [0.25, 0.3) is 11.1 Å². The zero-order valence-corrected chi connectivity index (χ0v) is 15.1. The molecular formula is C17H16BrClSi. The van der Waals surface area contributed by atoms with Crippen molar-refractivity contribution < 1.29 is 0 Å². The lowest BCUT2D eigenvalue weighted by Gasteiger charge is -2.08. The molecule has 0 amide bonds. The van der Waals surface area contributed by atoms with Crippen molar-refractivity contribution in [1.82, 2.24) is 0 Å². The molecule has 0 fully saturated rings. The van der Waals surface area contributed by atoms with Gasteiger partial charge in [0.2, 0.25) is 0 Å². The molecule has 0 bridgehead atoms. The van der Waals surface area contributed by atoms with Crippen molar-refractivity contribution >= 4 is 35.6 Å². The van der Waals surface area contributed by atoms with E-state index in [-0.39, 0.29) is 0 Å². The van der Waals surface area contributed by atoms with Crippen LogP contribution in [0.5, 0.6) is 0 Å². The van der Waals surface area contributed by atoms with Crippen molar-refractivity contribution in [1.29, 1.82) is 0 Å². The number of hydrogen-bond acceptors (Lipinski definition) is 0. The molecular weight excluding hydrogens is 348 g/mol. The lowest BCUT2D eigenvalue weighted by molar-refractivity contribution is 1.56. The SMILES string of the molecule is C[Si](C)(C)C#Cc1ccc(Cl)cc1-c1cccc(Br)c1. The Bertz CT molecular complexity index is 690. The van der Waals surface area contributed by atoms with Crippen LogP contribution in [0.1, 0.15) is 5.56 Å². The van der Waals surface area contributed by atoms with Crippen molar-refractivity contribution in [3.8, 4) is 22.6 Å². The van der Waals surface area contributed by atoms with Crippen molar-refractivity contribution in [2.45, 2.75) is 19.6 Å². The molecule has 0 nitrogen and oxygen atoms in total. The molecule has 0 radical (unpaired) electrons. The van der Waals surface area contributed by atoms with E-state index in [0.717, 1.165) is 26.2 Å². The van der Waals surface area contributed by atoms with Crippen LogP contribution in [-0.2, 0) is 0 Å². The third kappa shape index (κ3) is 4.24. The first kappa shape index (κ1) is 15.4. The lowest BCUT2D eigenvalue weighted by atomic mass is 10.0. The minimum absolute atomic E-state index is 0.735. The van der Waals surface area contributed by atoms with Gasteiger partial charge in [0.25, 0.3) is 0 Å². The standard InChI is InChI=1S/C17H16BrClSi/c1-20(2,3)10-9-13-7-8-16(19)12-17(13)14-5-4-6-15(18)11-14/h4-8,11-12H,1-3H3. The fraction of sp³-hybridized carbons (Fsp3) is 0.176. The summed E-state index contributed by atoms with van der Waals surface area (Å²) in [5.41, 5.74) is 6.67. The Morgan fingerprint density at radius 3 is 2.45 bits per heavy atom. The van der Waals surface area contributed by atoms with Crippen LogP contribution in [0.3, 0.4) is 0 Å². The first-order chi connectivity index (χ1) is 9.35. The molecule has 0 unspecified atom stereocenters. The Morgan fingerprint density at radius 2 is 1.80 bits per heavy atom. The quantitative estimate of drug-likeness (QED) is 0.430. The van der Waals surface area contributed by atoms with Gasteiger partial charge in [-0.3, -0.25) is 0 Å². The number of hydrogen-bond donors (Lipinski definition) is 0. The van der Waals surface area contributed by atoms with Crippen molar-refractivity contribution in [3.05, 3.63) is 57.5 Å². The van der Waals surface area contributed by atoms with Crippen molar-refractivity contribution in [2.24, 2.45) is 0 Å². The zero-order chi connectivity index (χ0) is 14.8. The summed E-state index contributed by atoms with van der Waals surface area (Å²) in [4.78, 5) is 0. The van der Waals surface area contributed by atoms with Gasteiger partial charge in [-0.15, -0.1) is 5.54 Å². The smallest absolute Gasteiger partial charge is 0.127 e. The molecule has 2 aromatic carbocycles. The maximum absolute atomic E-state index is 6.15. The first-order valence-corrected chi connectivity index (χ1v) is 11.1. The highest BCUT2D eigenvalue weighted by atomic mass is 79.9. The average molecular weight is 364 g/mol. The lowest BCUT2D eigenvalue weighted by Crippen LogP contribution is -2.16. The summed E-state index contributed by atoms with van der Waals surface area (Å²) in [6.45, 7) is 6.73. The molecule has 0 aromatic heterocycles. The summed E-state index contributed by atoms with van der Waals surface area (Å²) >= 11 is 9.66. The largest absolute Gasteiger partial charge is 0.129 e. The molecule has 0 aliphatic carbocycles. The molecule has 20 heavy (non-hydrogen) atoms. The Morgan fingerprint density at radius 1 is 1.05 bits per heavy atom. The second-order valence-corrected chi connectivity index (χ2v) is 11.8. The molecule has 102 valence electrons. The molecule has 0 aliphatic rings. The fourth-order valence-corrected chi connectivity index (χ4v) is 2.86. The molecule has 0 atom stereocenters. The summed E-state index contributed by atoms with van der Waals surface area (Å²) < 4.78 is 1.05. The van der Waals surface area contributed by atoms with E-state index >= 15 is 0 Å². The van der Waals surface area contributed by atoms with Gasteiger partial charge in [-0.05, 0) is 41.5 Å². The predicted octanol–water partition coefficient (Wildman–Crippen LogP) is 6.00. The van der Waals surface area contributed by atoms with Gasteiger partial charge in [-0.25, -0.2) is 0 Å². The van der Waals surface area contributed by atoms with E-state index in [1.165, 1.54) is 0 Å². The molecule has 3 heteroatoms. The van der Waals surface area contributed by atoms with Gasteiger partial charge in [-0.2, -0.15) is 0 Å². The van der Waals surface area contributed by atoms with E-state index < -0.39 is 8.07 Å². The van der Waals surface area contributed by atoms with Crippen LogP contribution in [0, 0.1) is 11.5 Å². The topological polar surface area (TPSA) is 0 Å². The first-order valence-electron chi connectivity index (χ1n) is 6.44. The maximum atomic E-state index is 6.15. The molecule has 2 rings (SSSR count). The highest BCUT2D eigenvalue weighted by Gasteiger charge is 2.09. The number of benzene rings is 2. The molecule has 2 aromatic rings. The van der Waals surface area contributed by atoms with E-state index in [4.69, 9.17) is 11.6 Å². The normalized spacial score (nSPS) is 10.8. The second kappa shape index (κ2) is 6.18. The van der Waals surface area contributed by atoms with E-state index in [0.29, 0.717) is 0 Å². The molecule has 0 aliphatic heterocycles. The molecule has 0 saturated heterocycles. The Balaban J connectivity index is 2.56. The molecule has 0 heterocycles. The molecule has 0 saturated carbocycles. The van der Waals surface area contributed by atoms with E-state index in [1.807, 2.05) is 30.3 Å².